The van der Waals surface area contributed by atoms with E-state index >= 15 is 0 Å². The van der Waals surface area contributed by atoms with Crippen molar-refractivity contribution in [2.45, 2.75) is 24.2 Å². The summed E-state index contributed by atoms with van der Waals surface area (Å²) in [6, 6.07) is 16.2. The van der Waals surface area contributed by atoms with E-state index in [4.69, 9.17) is 11.6 Å². The van der Waals surface area contributed by atoms with Gasteiger partial charge in [-0.15, -0.1) is 0 Å². The van der Waals surface area contributed by atoms with Crippen molar-refractivity contribution < 1.29 is 13.2 Å². The van der Waals surface area contributed by atoms with Crippen molar-refractivity contribution in [1.29, 1.82) is 0 Å². The summed E-state index contributed by atoms with van der Waals surface area (Å²) >= 11 is 5.92. The van der Waals surface area contributed by atoms with E-state index in [0.29, 0.717) is 37.6 Å². The molecule has 3 rings (SSSR count). The van der Waals surface area contributed by atoms with Gasteiger partial charge in [0.15, 0.2) is 0 Å². The normalized spacial score (nSPS) is 16.9. The van der Waals surface area contributed by atoms with Crippen LogP contribution in [0.2, 0.25) is 5.02 Å². The molecule has 0 aromatic heterocycles. The zero-order chi connectivity index (χ0) is 19.4. The number of sulfonamides is 1. The Morgan fingerprint density at radius 3 is 2.33 bits per heavy atom. The van der Waals surface area contributed by atoms with Crippen molar-refractivity contribution in [1.82, 2.24) is 9.21 Å². The maximum Gasteiger partial charge on any atom is 0.243 e. The van der Waals surface area contributed by atoms with Crippen molar-refractivity contribution in [3.8, 4) is 0 Å². The second-order valence-electron chi connectivity index (χ2n) is 6.76. The third kappa shape index (κ3) is 4.69. The summed E-state index contributed by atoms with van der Waals surface area (Å²) in [5.41, 5.74) is 1.13. The Hall–Kier alpha value is -1.89. The molecule has 1 heterocycles. The number of piperazine rings is 1. The van der Waals surface area contributed by atoms with E-state index in [1.165, 1.54) is 10.4 Å². The van der Waals surface area contributed by atoms with Crippen LogP contribution in [0.4, 0.5) is 0 Å². The first kappa shape index (κ1) is 19.9. The van der Waals surface area contributed by atoms with Crippen LogP contribution < -0.4 is 0 Å². The number of carbonyl (C=O) groups is 1. The molecule has 2 aromatic carbocycles. The van der Waals surface area contributed by atoms with Gasteiger partial charge in [0.2, 0.25) is 15.9 Å². The minimum Gasteiger partial charge on any atom is -0.340 e. The number of carbonyl (C=O) groups excluding carboxylic acids is 1. The lowest BCUT2D eigenvalue weighted by atomic mass is 9.97. The molecule has 1 aliphatic rings. The van der Waals surface area contributed by atoms with Crippen LogP contribution in [0.1, 0.15) is 24.8 Å². The number of hydrogen-bond donors (Lipinski definition) is 0. The van der Waals surface area contributed by atoms with Gasteiger partial charge in [-0.1, -0.05) is 54.9 Å². The molecule has 1 aliphatic heterocycles. The van der Waals surface area contributed by atoms with Gasteiger partial charge in [0.05, 0.1) is 4.90 Å². The molecule has 0 N–H and O–H groups in total. The second-order valence-corrected chi connectivity index (χ2v) is 9.13. The van der Waals surface area contributed by atoms with Gasteiger partial charge in [-0.2, -0.15) is 4.31 Å². The van der Waals surface area contributed by atoms with Gasteiger partial charge >= 0.3 is 0 Å². The summed E-state index contributed by atoms with van der Waals surface area (Å²) in [6.45, 7) is 3.42. The Kier molecular flexibility index (Phi) is 6.19. The molecule has 1 atom stereocenters. The highest BCUT2D eigenvalue weighted by molar-refractivity contribution is 7.89. The molecule has 7 heteroatoms. The Morgan fingerprint density at radius 1 is 1.04 bits per heavy atom. The molecule has 1 fully saturated rings. The standard InChI is InChI=1S/C20H23ClN2O3S/c1-16(17-6-3-2-4-7-17)14-20(24)22-10-12-23(13-11-22)27(25,26)19-9-5-8-18(21)15-19/h2-9,15-16H,10-14H2,1H3/t16-/m0/s1. The van der Waals surface area contributed by atoms with Gasteiger partial charge in [-0.3, -0.25) is 4.79 Å². The smallest absolute Gasteiger partial charge is 0.243 e. The molecular formula is C20H23ClN2O3S. The van der Waals surface area contributed by atoms with Crippen LogP contribution in [0.25, 0.3) is 0 Å². The van der Waals surface area contributed by atoms with Gasteiger partial charge < -0.3 is 4.90 Å². The van der Waals surface area contributed by atoms with Crippen LogP contribution in [0.15, 0.2) is 59.5 Å². The van der Waals surface area contributed by atoms with Crippen molar-refractivity contribution >= 4 is 27.5 Å². The molecule has 144 valence electrons. The molecule has 0 unspecified atom stereocenters. The summed E-state index contributed by atoms with van der Waals surface area (Å²) in [5, 5.41) is 0.389. The van der Waals surface area contributed by atoms with Crippen LogP contribution in [-0.4, -0.2) is 49.7 Å². The zero-order valence-electron chi connectivity index (χ0n) is 15.2. The third-order valence-electron chi connectivity index (χ3n) is 4.87. The maximum atomic E-state index is 12.7. The van der Waals surface area contributed by atoms with Crippen LogP contribution in [0, 0.1) is 0 Å². The highest BCUT2D eigenvalue weighted by atomic mass is 35.5. The number of hydrogen-bond acceptors (Lipinski definition) is 3. The van der Waals surface area contributed by atoms with Crippen molar-refractivity contribution in [3.63, 3.8) is 0 Å². The molecule has 1 saturated heterocycles. The average Bonchev–Trinajstić information content (AvgIpc) is 2.68. The van der Waals surface area contributed by atoms with E-state index in [1.807, 2.05) is 37.3 Å². The maximum absolute atomic E-state index is 12.7. The fourth-order valence-corrected chi connectivity index (χ4v) is 4.97. The Labute approximate surface area is 165 Å². The number of amides is 1. The predicted octanol–water partition coefficient (Wildman–Crippen LogP) is 3.37. The SMILES string of the molecule is C[C@@H](CC(=O)N1CCN(S(=O)(=O)c2cccc(Cl)c2)CC1)c1ccccc1. The number of halogens is 1. The number of rotatable bonds is 5. The average molecular weight is 407 g/mol. The monoisotopic (exact) mass is 406 g/mol. The first-order valence-corrected chi connectivity index (χ1v) is 10.8. The Bertz CT molecular complexity index is 894. The molecule has 0 aliphatic carbocycles. The lowest BCUT2D eigenvalue weighted by Crippen LogP contribution is -2.50. The first-order chi connectivity index (χ1) is 12.9. The second kappa shape index (κ2) is 8.42. The number of benzene rings is 2. The molecule has 2 aromatic rings. The van der Waals surface area contributed by atoms with E-state index in [1.54, 1.807) is 23.1 Å². The third-order valence-corrected chi connectivity index (χ3v) is 7.00. The van der Waals surface area contributed by atoms with Gasteiger partial charge in [-0.25, -0.2) is 8.42 Å². The molecule has 0 bridgehead atoms. The fourth-order valence-electron chi connectivity index (χ4n) is 3.24. The lowest BCUT2D eigenvalue weighted by molar-refractivity contribution is -0.132. The molecular weight excluding hydrogens is 384 g/mol. The predicted molar refractivity (Wildman–Crippen MR) is 106 cm³/mol. The molecule has 5 nitrogen and oxygen atoms in total. The first-order valence-electron chi connectivity index (χ1n) is 8.96. The van der Waals surface area contributed by atoms with Crippen LogP contribution in [0.5, 0.6) is 0 Å². The van der Waals surface area contributed by atoms with E-state index in [0.717, 1.165) is 5.56 Å². The largest absolute Gasteiger partial charge is 0.340 e. The Balaban J connectivity index is 1.59. The molecule has 0 saturated carbocycles. The molecule has 0 radical (unpaired) electrons. The highest BCUT2D eigenvalue weighted by Gasteiger charge is 2.30. The number of nitrogens with zero attached hydrogens (tertiary/aromatic N) is 2. The highest BCUT2D eigenvalue weighted by Crippen LogP contribution is 2.23. The summed E-state index contributed by atoms with van der Waals surface area (Å²) in [5.74, 6) is 0.193. The summed E-state index contributed by atoms with van der Waals surface area (Å²) in [7, 11) is -3.59. The zero-order valence-corrected chi connectivity index (χ0v) is 16.8. The molecule has 0 spiro atoms. The topological polar surface area (TPSA) is 57.7 Å². The minimum absolute atomic E-state index is 0.0613. The molecule has 1 amide bonds. The van der Waals surface area contributed by atoms with Crippen LogP contribution in [-0.2, 0) is 14.8 Å². The molecule has 27 heavy (non-hydrogen) atoms. The minimum atomic E-state index is -3.59. The van der Waals surface area contributed by atoms with E-state index in [-0.39, 0.29) is 16.7 Å². The summed E-state index contributed by atoms with van der Waals surface area (Å²) in [4.78, 5) is 14.5. The van der Waals surface area contributed by atoms with Gasteiger partial charge in [-0.05, 0) is 29.7 Å². The summed E-state index contributed by atoms with van der Waals surface area (Å²) in [6.07, 6.45) is 0.422. The van der Waals surface area contributed by atoms with Crippen molar-refractivity contribution in [2.24, 2.45) is 0 Å². The fraction of sp³-hybridized carbons (Fsp3) is 0.350. The van der Waals surface area contributed by atoms with Gasteiger partial charge in [0.25, 0.3) is 0 Å². The van der Waals surface area contributed by atoms with E-state index < -0.39 is 10.0 Å². The van der Waals surface area contributed by atoms with Crippen LogP contribution >= 0.6 is 11.6 Å². The Morgan fingerprint density at radius 2 is 1.70 bits per heavy atom. The van der Waals surface area contributed by atoms with E-state index in [2.05, 4.69) is 0 Å². The van der Waals surface area contributed by atoms with Gasteiger partial charge in [0, 0.05) is 37.6 Å². The van der Waals surface area contributed by atoms with Crippen molar-refractivity contribution in [3.05, 3.63) is 65.2 Å². The van der Waals surface area contributed by atoms with Crippen LogP contribution in [0.3, 0.4) is 0 Å². The quantitative estimate of drug-likeness (QED) is 0.764. The lowest BCUT2D eigenvalue weighted by Gasteiger charge is -2.34. The summed E-state index contributed by atoms with van der Waals surface area (Å²) < 4.78 is 26.9. The van der Waals surface area contributed by atoms with Gasteiger partial charge in [0.1, 0.15) is 0 Å². The van der Waals surface area contributed by atoms with E-state index in [9.17, 15) is 13.2 Å². The van der Waals surface area contributed by atoms with Crippen molar-refractivity contribution in [2.75, 3.05) is 26.2 Å².